The zero-order chi connectivity index (χ0) is 13.8. The van der Waals surface area contributed by atoms with Gasteiger partial charge in [0.25, 0.3) is 0 Å². The Morgan fingerprint density at radius 3 is 2.68 bits per heavy atom. The van der Waals surface area contributed by atoms with Crippen LogP contribution < -0.4 is 4.74 Å². The van der Waals surface area contributed by atoms with Gasteiger partial charge in [0.05, 0.1) is 17.4 Å². The Kier molecular flexibility index (Phi) is 4.45. The van der Waals surface area contributed by atoms with Crippen molar-refractivity contribution in [2.45, 2.75) is 12.3 Å². The van der Waals surface area contributed by atoms with Gasteiger partial charge in [0.1, 0.15) is 5.75 Å². The minimum absolute atomic E-state index is 0.385. The van der Waals surface area contributed by atoms with Gasteiger partial charge in [-0.05, 0) is 30.2 Å². The van der Waals surface area contributed by atoms with Gasteiger partial charge >= 0.3 is 5.97 Å². The molecule has 0 aliphatic heterocycles. The van der Waals surface area contributed by atoms with Crippen LogP contribution in [-0.4, -0.2) is 18.2 Å². The summed E-state index contributed by atoms with van der Waals surface area (Å²) in [7, 11) is 1.58. The molecule has 100 valence electrons. The van der Waals surface area contributed by atoms with Gasteiger partial charge in [0, 0.05) is 4.88 Å². The first-order chi connectivity index (χ1) is 9.11. The average Bonchev–Trinajstić information content (AvgIpc) is 2.82. The van der Waals surface area contributed by atoms with E-state index in [1.165, 1.54) is 11.3 Å². The molecule has 0 saturated heterocycles. The van der Waals surface area contributed by atoms with Crippen molar-refractivity contribution < 1.29 is 14.6 Å². The highest BCUT2D eigenvalue weighted by Crippen LogP contribution is 2.32. The van der Waals surface area contributed by atoms with Crippen molar-refractivity contribution >= 4 is 28.9 Å². The van der Waals surface area contributed by atoms with Crippen LogP contribution in [0.5, 0.6) is 5.75 Å². The highest BCUT2D eigenvalue weighted by molar-refractivity contribution is 7.16. The van der Waals surface area contributed by atoms with E-state index in [0.29, 0.717) is 16.5 Å². The molecule has 0 spiro atoms. The number of aliphatic carboxylic acids is 1. The molecule has 2 aromatic rings. The molecule has 5 heteroatoms. The van der Waals surface area contributed by atoms with Crippen LogP contribution in [-0.2, 0) is 11.2 Å². The zero-order valence-corrected chi connectivity index (χ0v) is 11.9. The van der Waals surface area contributed by atoms with Crippen LogP contribution in [0.2, 0.25) is 4.34 Å². The van der Waals surface area contributed by atoms with Crippen molar-refractivity contribution in [2.24, 2.45) is 0 Å². The Balaban J connectivity index is 2.29. The number of carbonyl (C=O) groups is 1. The fraction of sp³-hybridized carbons (Fsp3) is 0.214. The molecule has 1 aromatic carbocycles. The first-order valence-electron chi connectivity index (χ1n) is 5.71. The molecule has 0 saturated carbocycles. The maximum Gasteiger partial charge on any atom is 0.312 e. The largest absolute Gasteiger partial charge is 0.496 e. The normalized spacial score (nSPS) is 12.1. The fourth-order valence-electron chi connectivity index (χ4n) is 1.92. The lowest BCUT2D eigenvalue weighted by Gasteiger charge is -2.13. The molecule has 0 radical (unpaired) electrons. The van der Waals surface area contributed by atoms with Gasteiger partial charge in [-0.2, -0.15) is 0 Å². The predicted molar refractivity (Wildman–Crippen MR) is 76.4 cm³/mol. The highest BCUT2D eigenvalue weighted by atomic mass is 35.5. The number of thiophene rings is 1. The summed E-state index contributed by atoms with van der Waals surface area (Å²) < 4.78 is 5.85. The van der Waals surface area contributed by atoms with Crippen LogP contribution in [0.1, 0.15) is 16.4 Å². The molecule has 3 nitrogen and oxygen atoms in total. The standard InChI is InChI=1S/C14H13ClO3S/c1-18-11-5-3-2-4-9(11)8-10(14(16)17)12-6-7-13(15)19-12/h2-7,10H,8H2,1H3,(H,16,17). The third-order valence-corrected chi connectivity index (χ3v) is 4.20. The van der Waals surface area contributed by atoms with Crippen molar-refractivity contribution in [2.75, 3.05) is 7.11 Å². The second-order valence-electron chi connectivity index (χ2n) is 4.05. The van der Waals surface area contributed by atoms with Crippen LogP contribution >= 0.6 is 22.9 Å². The van der Waals surface area contributed by atoms with Crippen LogP contribution in [0.25, 0.3) is 0 Å². The molecule has 0 bridgehead atoms. The zero-order valence-electron chi connectivity index (χ0n) is 10.3. The lowest BCUT2D eigenvalue weighted by molar-refractivity contribution is -0.138. The Bertz CT molecular complexity index is 580. The molecule has 2 rings (SSSR count). The lowest BCUT2D eigenvalue weighted by Crippen LogP contribution is -2.13. The maximum atomic E-state index is 11.4. The van der Waals surface area contributed by atoms with E-state index in [4.69, 9.17) is 16.3 Å². The van der Waals surface area contributed by atoms with Crippen molar-refractivity contribution in [3.63, 3.8) is 0 Å². The van der Waals surface area contributed by atoms with Gasteiger partial charge in [0.2, 0.25) is 0 Å². The number of hydrogen-bond donors (Lipinski definition) is 1. The number of halogens is 1. The fourth-order valence-corrected chi connectivity index (χ4v) is 3.07. The summed E-state index contributed by atoms with van der Waals surface area (Å²) in [5.41, 5.74) is 0.877. The molecule has 0 fully saturated rings. The molecule has 0 aliphatic carbocycles. The van der Waals surface area contributed by atoms with Crippen molar-refractivity contribution in [3.8, 4) is 5.75 Å². The van der Waals surface area contributed by atoms with E-state index in [9.17, 15) is 9.90 Å². The molecule has 1 unspecified atom stereocenters. The highest BCUT2D eigenvalue weighted by Gasteiger charge is 2.23. The van der Waals surface area contributed by atoms with E-state index in [0.717, 1.165) is 10.4 Å². The Labute approximate surface area is 120 Å². The number of ether oxygens (including phenoxy) is 1. The number of benzene rings is 1. The van der Waals surface area contributed by atoms with Gasteiger partial charge in [-0.1, -0.05) is 29.8 Å². The molecule has 1 aromatic heterocycles. The molecule has 0 aliphatic rings. The average molecular weight is 297 g/mol. The quantitative estimate of drug-likeness (QED) is 0.912. The summed E-state index contributed by atoms with van der Waals surface area (Å²) in [6.45, 7) is 0. The maximum absolute atomic E-state index is 11.4. The Hall–Kier alpha value is -1.52. The summed E-state index contributed by atoms with van der Waals surface area (Å²) in [4.78, 5) is 12.2. The van der Waals surface area contributed by atoms with Gasteiger partial charge in [0.15, 0.2) is 0 Å². The molecule has 1 atom stereocenters. The van der Waals surface area contributed by atoms with Gasteiger partial charge in [-0.25, -0.2) is 0 Å². The van der Waals surface area contributed by atoms with Crippen molar-refractivity contribution in [1.29, 1.82) is 0 Å². The van der Waals surface area contributed by atoms with Crippen molar-refractivity contribution in [1.82, 2.24) is 0 Å². The Morgan fingerprint density at radius 2 is 2.11 bits per heavy atom. The van der Waals surface area contributed by atoms with E-state index in [-0.39, 0.29) is 0 Å². The van der Waals surface area contributed by atoms with Gasteiger partial charge in [-0.15, -0.1) is 11.3 Å². The summed E-state index contributed by atoms with van der Waals surface area (Å²) >= 11 is 7.17. The molecular weight excluding hydrogens is 284 g/mol. The second-order valence-corrected chi connectivity index (χ2v) is 5.80. The molecule has 1 heterocycles. The summed E-state index contributed by atoms with van der Waals surface area (Å²) in [6, 6.07) is 10.9. The van der Waals surface area contributed by atoms with E-state index in [1.54, 1.807) is 19.2 Å². The number of hydrogen-bond acceptors (Lipinski definition) is 3. The van der Waals surface area contributed by atoms with E-state index in [1.807, 2.05) is 24.3 Å². The van der Waals surface area contributed by atoms with Gasteiger partial charge < -0.3 is 9.84 Å². The molecule has 0 amide bonds. The number of carboxylic acids is 1. The van der Waals surface area contributed by atoms with E-state index in [2.05, 4.69) is 0 Å². The van der Waals surface area contributed by atoms with E-state index < -0.39 is 11.9 Å². The topological polar surface area (TPSA) is 46.5 Å². The molecular formula is C14H13ClO3S. The third-order valence-electron chi connectivity index (χ3n) is 2.85. The minimum atomic E-state index is -0.857. The van der Waals surface area contributed by atoms with Crippen LogP contribution in [0.4, 0.5) is 0 Å². The first kappa shape index (κ1) is 13.9. The van der Waals surface area contributed by atoms with Crippen LogP contribution in [0.3, 0.4) is 0 Å². The summed E-state index contributed by atoms with van der Waals surface area (Å²) in [6.07, 6.45) is 0.385. The van der Waals surface area contributed by atoms with E-state index >= 15 is 0 Å². The SMILES string of the molecule is COc1ccccc1CC(C(=O)O)c1ccc(Cl)s1. The summed E-state index contributed by atoms with van der Waals surface area (Å²) in [5.74, 6) is -0.755. The first-order valence-corrected chi connectivity index (χ1v) is 6.91. The van der Waals surface area contributed by atoms with Crippen LogP contribution in [0.15, 0.2) is 36.4 Å². The van der Waals surface area contributed by atoms with Crippen molar-refractivity contribution in [3.05, 3.63) is 51.2 Å². The molecule has 1 N–H and O–H groups in total. The lowest BCUT2D eigenvalue weighted by atomic mass is 9.97. The van der Waals surface area contributed by atoms with Crippen LogP contribution in [0, 0.1) is 0 Å². The predicted octanol–water partition coefficient (Wildman–Crippen LogP) is 3.82. The Morgan fingerprint density at radius 1 is 1.37 bits per heavy atom. The second kappa shape index (κ2) is 6.08. The monoisotopic (exact) mass is 296 g/mol. The third kappa shape index (κ3) is 3.28. The number of para-hydroxylation sites is 1. The number of methoxy groups -OCH3 is 1. The smallest absolute Gasteiger partial charge is 0.312 e. The molecule has 19 heavy (non-hydrogen) atoms. The number of rotatable bonds is 5. The minimum Gasteiger partial charge on any atom is -0.496 e. The summed E-state index contributed by atoms with van der Waals surface area (Å²) in [5, 5.41) is 9.38. The number of carboxylic acid groups (broad SMARTS) is 1. The van der Waals surface area contributed by atoms with Gasteiger partial charge in [-0.3, -0.25) is 4.79 Å².